The molecule has 2 heterocycles. The van der Waals surface area contributed by atoms with Crippen LogP contribution < -0.4 is 9.64 Å². The number of hydrogen-bond donors (Lipinski definition) is 0. The van der Waals surface area contributed by atoms with Crippen molar-refractivity contribution in [3.05, 3.63) is 28.7 Å². The Labute approximate surface area is 209 Å². The molecule has 0 unspecified atom stereocenters. The summed E-state index contributed by atoms with van der Waals surface area (Å²) in [6.07, 6.45) is 17.9. The summed E-state index contributed by atoms with van der Waals surface area (Å²) in [5.41, 5.74) is 2.19. The van der Waals surface area contributed by atoms with Gasteiger partial charge in [-0.15, -0.1) is 0 Å². The third kappa shape index (κ3) is 5.32. The lowest BCUT2D eigenvalue weighted by Gasteiger charge is -2.31. The first-order chi connectivity index (χ1) is 16.7. The van der Waals surface area contributed by atoms with Crippen LogP contribution in [0.4, 0.5) is 5.69 Å². The fourth-order valence-corrected chi connectivity index (χ4v) is 7.01. The Morgan fingerprint density at radius 2 is 1.62 bits per heavy atom. The molecule has 0 bridgehead atoms. The highest BCUT2D eigenvalue weighted by Crippen LogP contribution is 2.40. The van der Waals surface area contributed by atoms with Crippen molar-refractivity contribution in [1.82, 2.24) is 4.90 Å². The normalized spacial score (nSPS) is 25.5. The van der Waals surface area contributed by atoms with E-state index in [4.69, 9.17) is 9.73 Å². The molecule has 4 aliphatic rings. The molecule has 5 rings (SSSR count). The standard InChI is InChI=1S/C28H39N3O2S/c1-33-25-20-24(30-17-9-4-10-18-30)16-15-21(25)19-26-27(32)31(23-13-7-3-8-14-23)28(34-26)29-22-11-5-2-6-12-22/h15-16,19-20,22-23H,2-14,17-18H2,1H3/b26-19-,29-28?. The van der Waals surface area contributed by atoms with Crippen molar-refractivity contribution in [1.29, 1.82) is 0 Å². The van der Waals surface area contributed by atoms with Crippen LogP contribution in [-0.2, 0) is 4.79 Å². The number of methoxy groups -OCH3 is 1. The first-order valence-corrected chi connectivity index (χ1v) is 14.3. The van der Waals surface area contributed by atoms with Gasteiger partial charge in [0.05, 0.1) is 18.1 Å². The summed E-state index contributed by atoms with van der Waals surface area (Å²) in [5.74, 6) is 0.972. The van der Waals surface area contributed by atoms with Crippen molar-refractivity contribution in [2.75, 3.05) is 25.1 Å². The lowest BCUT2D eigenvalue weighted by Crippen LogP contribution is -2.41. The Bertz CT molecular complexity index is 926. The summed E-state index contributed by atoms with van der Waals surface area (Å²) in [7, 11) is 1.73. The number of amides is 1. The van der Waals surface area contributed by atoms with Crippen molar-refractivity contribution < 1.29 is 9.53 Å². The van der Waals surface area contributed by atoms with Crippen LogP contribution in [0.1, 0.15) is 89.0 Å². The van der Waals surface area contributed by atoms with Gasteiger partial charge in [0, 0.05) is 36.4 Å². The molecule has 0 radical (unpaired) electrons. The molecule has 184 valence electrons. The third-order valence-electron chi connectivity index (χ3n) is 7.87. The van der Waals surface area contributed by atoms with E-state index in [1.807, 2.05) is 6.08 Å². The van der Waals surface area contributed by atoms with Gasteiger partial charge in [0.1, 0.15) is 5.75 Å². The van der Waals surface area contributed by atoms with Crippen LogP contribution >= 0.6 is 11.8 Å². The van der Waals surface area contributed by atoms with Gasteiger partial charge in [-0.3, -0.25) is 14.7 Å². The molecule has 1 aromatic carbocycles. The van der Waals surface area contributed by atoms with Crippen LogP contribution in [0.5, 0.6) is 5.75 Å². The van der Waals surface area contributed by atoms with Crippen molar-refractivity contribution in [2.24, 2.45) is 4.99 Å². The van der Waals surface area contributed by atoms with Gasteiger partial charge in [-0.2, -0.15) is 0 Å². The zero-order valence-electron chi connectivity index (χ0n) is 20.6. The van der Waals surface area contributed by atoms with Gasteiger partial charge < -0.3 is 9.64 Å². The molecule has 1 amide bonds. The highest BCUT2D eigenvalue weighted by molar-refractivity contribution is 8.18. The number of carbonyl (C=O) groups excluding carboxylic acids is 1. The predicted molar refractivity (Wildman–Crippen MR) is 143 cm³/mol. The summed E-state index contributed by atoms with van der Waals surface area (Å²) in [6, 6.07) is 7.10. The molecule has 2 saturated heterocycles. The minimum absolute atomic E-state index is 0.133. The smallest absolute Gasteiger partial charge is 0.267 e. The second kappa shape index (κ2) is 11.2. The molecule has 2 aliphatic heterocycles. The summed E-state index contributed by atoms with van der Waals surface area (Å²) in [4.78, 5) is 24.1. The van der Waals surface area contributed by atoms with Crippen LogP contribution in [0.25, 0.3) is 6.08 Å². The number of anilines is 1. The van der Waals surface area contributed by atoms with Crippen molar-refractivity contribution in [2.45, 2.75) is 95.6 Å². The second-order valence-electron chi connectivity index (χ2n) is 10.3. The molecule has 2 aliphatic carbocycles. The Balaban J connectivity index is 1.42. The molecule has 0 spiro atoms. The topological polar surface area (TPSA) is 45.1 Å². The largest absolute Gasteiger partial charge is 0.496 e. The summed E-state index contributed by atoms with van der Waals surface area (Å²) in [5, 5.41) is 0.943. The van der Waals surface area contributed by atoms with E-state index < -0.39 is 0 Å². The maximum absolute atomic E-state index is 13.7. The van der Waals surface area contributed by atoms with E-state index in [0.29, 0.717) is 12.1 Å². The van der Waals surface area contributed by atoms with Crippen LogP contribution in [-0.4, -0.2) is 48.3 Å². The van der Waals surface area contributed by atoms with Gasteiger partial charge in [0.25, 0.3) is 5.91 Å². The first kappa shape index (κ1) is 23.8. The lowest BCUT2D eigenvalue weighted by atomic mass is 9.94. The SMILES string of the molecule is COc1cc(N2CCCCC2)ccc1/C=C1\SC(=NC2CCCCC2)N(C2CCCCC2)C1=O. The number of amidine groups is 1. The Morgan fingerprint density at radius 1 is 0.941 bits per heavy atom. The number of rotatable bonds is 5. The predicted octanol–water partition coefficient (Wildman–Crippen LogP) is 6.62. The first-order valence-electron chi connectivity index (χ1n) is 13.5. The molecule has 2 saturated carbocycles. The monoisotopic (exact) mass is 481 g/mol. The number of carbonyl (C=O) groups is 1. The number of hydrogen-bond acceptors (Lipinski definition) is 5. The number of piperidine rings is 1. The van der Waals surface area contributed by atoms with Gasteiger partial charge in [-0.05, 0) is 74.9 Å². The molecule has 0 atom stereocenters. The molecule has 4 fully saturated rings. The van der Waals surface area contributed by atoms with E-state index >= 15 is 0 Å². The van der Waals surface area contributed by atoms with Gasteiger partial charge in [-0.25, -0.2) is 0 Å². The molecule has 6 heteroatoms. The number of ether oxygens (including phenoxy) is 1. The highest BCUT2D eigenvalue weighted by Gasteiger charge is 2.39. The maximum Gasteiger partial charge on any atom is 0.267 e. The average molecular weight is 482 g/mol. The van der Waals surface area contributed by atoms with Crippen molar-refractivity contribution >= 4 is 34.6 Å². The van der Waals surface area contributed by atoms with Crippen LogP contribution in [0.3, 0.4) is 0 Å². The van der Waals surface area contributed by atoms with E-state index in [1.54, 1.807) is 18.9 Å². The maximum atomic E-state index is 13.7. The Morgan fingerprint density at radius 3 is 2.32 bits per heavy atom. The minimum Gasteiger partial charge on any atom is -0.496 e. The van der Waals surface area contributed by atoms with E-state index in [0.717, 1.165) is 60.2 Å². The van der Waals surface area contributed by atoms with E-state index in [9.17, 15) is 4.79 Å². The molecule has 5 nitrogen and oxygen atoms in total. The fourth-order valence-electron chi connectivity index (χ4n) is 5.91. The van der Waals surface area contributed by atoms with Gasteiger partial charge in [0.15, 0.2) is 5.17 Å². The quantitative estimate of drug-likeness (QED) is 0.443. The number of thioether (sulfide) groups is 1. The molecule has 0 N–H and O–H groups in total. The Hall–Kier alpha value is -1.95. The van der Waals surface area contributed by atoms with Gasteiger partial charge >= 0.3 is 0 Å². The zero-order valence-corrected chi connectivity index (χ0v) is 21.5. The van der Waals surface area contributed by atoms with Crippen molar-refractivity contribution in [3.63, 3.8) is 0 Å². The van der Waals surface area contributed by atoms with Crippen LogP contribution in [0.2, 0.25) is 0 Å². The Kier molecular flexibility index (Phi) is 7.83. The van der Waals surface area contributed by atoms with Crippen LogP contribution in [0, 0.1) is 0 Å². The number of benzene rings is 1. The van der Waals surface area contributed by atoms with E-state index in [1.165, 1.54) is 63.5 Å². The van der Waals surface area contributed by atoms with E-state index in [2.05, 4.69) is 28.0 Å². The molecule has 1 aromatic rings. The minimum atomic E-state index is 0.133. The van der Waals surface area contributed by atoms with Gasteiger partial charge in [-0.1, -0.05) is 38.5 Å². The lowest BCUT2D eigenvalue weighted by molar-refractivity contribution is -0.124. The molecular formula is C28H39N3O2S. The zero-order chi connectivity index (χ0) is 23.3. The second-order valence-corrected chi connectivity index (χ2v) is 11.3. The summed E-state index contributed by atoms with van der Waals surface area (Å²) >= 11 is 1.58. The van der Waals surface area contributed by atoms with Gasteiger partial charge in [0.2, 0.25) is 0 Å². The number of nitrogens with zero attached hydrogens (tertiary/aromatic N) is 3. The third-order valence-corrected chi connectivity index (χ3v) is 8.87. The average Bonchev–Trinajstić information content (AvgIpc) is 3.20. The van der Waals surface area contributed by atoms with E-state index in [-0.39, 0.29) is 5.91 Å². The molecular weight excluding hydrogens is 442 g/mol. The van der Waals surface area contributed by atoms with Crippen LogP contribution in [0.15, 0.2) is 28.1 Å². The summed E-state index contributed by atoms with van der Waals surface area (Å²) < 4.78 is 5.78. The molecule has 0 aromatic heterocycles. The molecule has 34 heavy (non-hydrogen) atoms. The fraction of sp³-hybridized carbons (Fsp3) is 0.643. The summed E-state index contributed by atoms with van der Waals surface area (Å²) in [6.45, 7) is 2.21. The van der Waals surface area contributed by atoms with Crippen molar-refractivity contribution in [3.8, 4) is 5.75 Å². The highest BCUT2D eigenvalue weighted by atomic mass is 32.2. The number of aliphatic imine (C=N–C) groups is 1.